The van der Waals surface area contributed by atoms with E-state index in [0.717, 1.165) is 0 Å². The zero-order valence-electron chi connectivity index (χ0n) is 9.06. The summed E-state index contributed by atoms with van der Waals surface area (Å²) < 4.78 is 19.6. The van der Waals surface area contributed by atoms with Crippen LogP contribution in [0.4, 0.5) is 4.39 Å². The van der Waals surface area contributed by atoms with Crippen LogP contribution in [0.3, 0.4) is 0 Å². The number of hydrogen-bond donors (Lipinski definition) is 1. The molecule has 0 aliphatic heterocycles. The molecule has 3 nitrogen and oxygen atoms in total. The lowest BCUT2D eigenvalue weighted by molar-refractivity contribution is 0.426. The number of halogens is 2. The molecule has 0 radical (unpaired) electrons. The molecule has 0 unspecified atom stereocenters. The molecule has 6 heteroatoms. The van der Waals surface area contributed by atoms with E-state index in [1.54, 1.807) is 18.2 Å². The Labute approximate surface area is 117 Å². The van der Waals surface area contributed by atoms with Crippen LogP contribution in [0, 0.1) is 5.82 Å². The lowest BCUT2D eigenvalue weighted by Gasteiger charge is -2.09. The number of aromatic nitrogens is 1. The summed E-state index contributed by atoms with van der Waals surface area (Å²) in [6.07, 6.45) is 1.52. The van der Waals surface area contributed by atoms with Gasteiger partial charge in [-0.1, -0.05) is 28.1 Å². The first-order valence-electron chi connectivity index (χ1n) is 4.95. The molecule has 0 amide bonds. The second-order valence-electron chi connectivity index (χ2n) is 3.40. The molecule has 18 heavy (non-hydrogen) atoms. The van der Waals surface area contributed by atoms with Gasteiger partial charge in [0.25, 0.3) is 0 Å². The van der Waals surface area contributed by atoms with Crippen molar-refractivity contribution in [2.75, 3.05) is 0 Å². The summed E-state index contributed by atoms with van der Waals surface area (Å²) in [4.78, 5) is 4.14. The molecule has 0 atom stereocenters. The molecule has 2 N–H and O–H groups in total. The van der Waals surface area contributed by atoms with Gasteiger partial charge in [-0.2, -0.15) is 0 Å². The van der Waals surface area contributed by atoms with E-state index in [1.807, 2.05) is 0 Å². The quantitative estimate of drug-likeness (QED) is 0.878. The largest absolute Gasteiger partial charge is 0.435 e. The highest BCUT2D eigenvalue weighted by Gasteiger charge is 2.11. The first-order valence-corrected chi connectivity index (χ1v) is 6.16. The van der Waals surface area contributed by atoms with E-state index < -0.39 is 5.82 Å². The van der Waals surface area contributed by atoms with Crippen LogP contribution in [-0.2, 0) is 0 Å². The van der Waals surface area contributed by atoms with Crippen molar-refractivity contribution < 1.29 is 9.13 Å². The maximum atomic E-state index is 13.6. The van der Waals surface area contributed by atoms with Gasteiger partial charge in [-0.3, -0.25) is 0 Å². The number of pyridine rings is 1. The van der Waals surface area contributed by atoms with Crippen molar-refractivity contribution in [2.24, 2.45) is 5.73 Å². The molecule has 0 spiro atoms. The van der Waals surface area contributed by atoms with E-state index in [0.29, 0.717) is 10.0 Å². The molecule has 2 rings (SSSR count). The van der Waals surface area contributed by atoms with Crippen LogP contribution < -0.4 is 10.5 Å². The van der Waals surface area contributed by atoms with E-state index >= 15 is 0 Å². The molecular formula is C12H8BrFN2OS. The minimum Gasteiger partial charge on any atom is -0.435 e. The zero-order chi connectivity index (χ0) is 13.1. The molecule has 0 aliphatic rings. The van der Waals surface area contributed by atoms with Gasteiger partial charge in [-0.15, -0.1) is 0 Å². The second-order valence-corrected chi connectivity index (χ2v) is 4.75. The number of nitrogens with two attached hydrogens (primary N) is 1. The summed E-state index contributed by atoms with van der Waals surface area (Å²) in [5.74, 6) is -0.250. The summed E-state index contributed by atoms with van der Waals surface area (Å²) >= 11 is 8.12. The monoisotopic (exact) mass is 326 g/mol. The average molecular weight is 327 g/mol. The molecule has 1 aromatic heterocycles. The van der Waals surface area contributed by atoms with Crippen LogP contribution in [0.1, 0.15) is 5.56 Å². The van der Waals surface area contributed by atoms with Gasteiger partial charge >= 0.3 is 0 Å². The maximum Gasteiger partial charge on any atom is 0.229 e. The van der Waals surface area contributed by atoms with Gasteiger partial charge in [0.05, 0.1) is 5.56 Å². The Balaban J connectivity index is 2.40. The maximum absolute atomic E-state index is 13.6. The Morgan fingerprint density at radius 2 is 2.17 bits per heavy atom. The first-order chi connectivity index (χ1) is 8.58. The number of hydrogen-bond acceptors (Lipinski definition) is 3. The highest BCUT2D eigenvalue weighted by atomic mass is 79.9. The highest BCUT2D eigenvalue weighted by Crippen LogP contribution is 2.28. The van der Waals surface area contributed by atoms with Gasteiger partial charge in [0.1, 0.15) is 4.99 Å². The molecule has 1 aromatic carbocycles. The van der Waals surface area contributed by atoms with Crippen molar-refractivity contribution in [3.8, 4) is 11.6 Å². The summed E-state index contributed by atoms with van der Waals surface area (Å²) in [6, 6.07) is 7.73. The summed E-state index contributed by atoms with van der Waals surface area (Å²) in [7, 11) is 0. The smallest absolute Gasteiger partial charge is 0.229 e. The van der Waals surface area contributed by atoms with E-state index in [9.17, 15) is 4.39 Å². The highest BCUT2D eigenvalue weighted by molar-refractivity contribution is 9.10. The van der Waals surface area contributed by atoms with Gasteiger partial charge in [0.2, 0.25) is 5.88 Å². The average Bonchev–Trinajstić information content (AvgIpc) is 2.34. The standard InChI is InChI=1S/C12H8BrFN2OS/c13-7-3-4-9(14)10(6-7)17-12-8(11(15)18)2-1-5-16-12/h1-6H,(H2,15,18). The van der Waals surface area contributed by atoms with Crippen molar-refractivity contribution in [3.63, 3.8) is 0 Å². The molecular weight excluding hydrogens is 319 g/mol. The third kappa shape index (κ3) is 2.83. The van der Waals surface area contributed by atoms with Crippen molar-refractivity contribution in [1.82, 2.24) is 4.98 Å². The Morgan fingerprint density at radius 1 is 1.39 bits per heavy atom. The second kappa shape index (κ2) is 5.41. The molecule has 0 aliphatic carbocycles. The topological polar surface area (TPSA) is 48.1 Å². The van der Waals surface area contributed by atoms with Crippen LogP contribution >= 0.6 is 28.1 Å². The molecule has 1 heterocycles. The summed E-state index contributed by atoms with van der Waals surface area (Å²) in [6.45, 7) is 0. The number of benzene rings is 1. The predicted molar refractivity (Wildman–Crippen MR) is 74.3 cm³/mol. The number of ether oxygens (including phenoxy) is 1. The fourth-order valence-corrected chi connectivity index (χ4v) is 1.81. The normalized spacial score (nSPS) is 10.1. The molecule has 0 bridgehead atoms. The minimum absolute atomic E-state index is 0.0561. The van der Waals surface area contributed by atoms with Gasteiger partial charge in [-0.05, 0) is 30.3 Å². The number of thiocarbonyl (C=S) groups is 1. The van der Waals surface area contributed by atoms with Crippen molar-refractivity contribution in [3.05, 3.63) is 52.4 Å². The van der Waals surface area contributed by atoms with Gasteiger partial charge in [0, 0.05) is 10.7 Å². The number of rotatable bonds is 3. The van der Waals surface area contributed by atoms with E-state index in [4.69, 9.17) is 22.7 Å². The Kier molecular flexibility index (Phi) is 3.88. The van der Waals surface area contributed by atoms with E-state index in [-0.39, 0.29) is 16.6 Å². The SMILES string of the molecule is NC(=S)c1cccnc1Oc1cc(Br)ccc1F. The Bertz CT molecular complexity index is 606. The predicted octanol–water partition coefficient (Wildman–Crippen LogP) is 3.41. The van der Waals surface area contributed by atoms with Crippen molar-refractivity contribution >= 4 is 33.1 Å². The van der Waals surface area contributed by atoms with Crippen LogP contribution in [-0.4, -0.2) is 9.97 Å². The van der Waals surface area contributed by atoms with Gasteiger partial charge in [0.15, 0.2) is 11.6 Å². The van der Waals surface area contributed by atoms with E-state index in [1.165, 1.54) is 18.3 Å². The van der Waals surface area contributed by atoms with Gasteiger partial charge < -0.3 is 10.5 Å². The third-order valence-electron chi connectivity index (χ3n) is 2.14. The molecule has 2 aromatic rings. The van der Waals surface area contributed by atoms with Crippen LogP contribution in [0.15, 0.2) is 41.0 Å². The first kappa shape index (κ1) is 12.9. The van der Waals surface area contributed by atoms with Crippen LogP contribution in [0.2, 0.25) is 0 Å². The Hall–Kier alpha value is -1.53. The van der Waals surface area contributed by atoms with E-state index in [2.05, 4.69) is 20.9 Å². The molecule has 92 valence electrons. The number of nitrogens with zero attached hydrogens (tertiary/aromatic N) is 1. The summed E-state index contributed by atoms with van der Waals surface area (Å²) in [5, 5.41) is 0. The fourth-order valence-electron chi connectivity index (χ4n) is 1.32. The lowest BCUT2D eigenvalue weighted by atomic mass is 10.2. The van der Waals surface area contributed by atoms with Crippen LogP contribution in [0.25, 0.3) is 0 Å². The lowest BCUT2D eigenvalue weighted by Crippen LogP contribution is -2.11. The molecule has 0 fully saturated rings. The minimum atomic E-state index is -0.488. The molecule has 0 saturated carbocycles. The van der Waals surface area contributed by atoms with Crippen molar-refractivity contribution in [2.45, 2.75) is 0 Å². The van der Waals surface area contributed by atoms with Crippen molar-refractivity contribution in [1.29, 1.82) is 0 Å². The Morgan fingerprint density at radius 3 is 2.89 bits per heavy atom. The summed E-state index contributed by atoms with van der Waals surface area (Å²) in [5.41, 5.74) is 6.01. The fraction of sp³-hybridized carbons (Fsp3) is 0. The molecule has 0 saturated heterocycles. The third-order valence-corrected chi connectivity index (χ3v) is 2.85. The zero-order valence-corrected chi connectivity index (χ0v) is 11.5. The van der Waals surface area contributed by atoms with Crippen LogP contribution in [0.5, 0.6) is 11.6 Å². The van der Waals surface area contributed by atoms with Gasteiger partial charge in [-0.25, -0.2) is 9.37 Å².